The molecule has 1 aliphatic carbocycles. The number of carbonyl (C=O) groups excluding carboxylic acids is 3. The number of rotatable bonds is 7. The van der Waals surface area contributed by atoms with Crippen LogP contribution in [-0.2, 0) is 14.3 Å². The Morgan fingerprint density at radius 3 is 2.22 bits per heavy atom. The summed E-state index contributed by atoms with van der Waals surface area (Å²) in [7, 11) is 1.31. The van der Waals surface area contributed by atoms with Crippen molar-refractivity contribution in [3.8, 4) is 11.5 Å². The predicted molar refractivity (Wildman–Crippen MR) is 146 cm³/mol. The Morgan fingerprint density at radius 1 is 0.973 bits per heavy atom. The zero-order chi connectivity index (χ0) is 27.3. The zero-order valence-corrected chi connectivity index (χ0v) is 24.0. The lowest BCUT2D eigenvalue weighted by Crippen LogP contribution is -2.42. The van der Waals surface area contributed by atoms with E-state index in [-0.39, 0.29) is 23.4 Å². The molecule has 1 fully saturated rings. The highest BCUT2D eigenvalue weighted by atomic mass is 79.9. The largest absolute Gasteiger partial charge is 0.465 e. The summed E-state index contributed by atoms with van der Waals surface area (Å²) in [6.07, 6.45) is 4.97. The van der Waals surface area contributed by atoms with Crippen LogP contribution in [0, 0.1) is 5.92 Å². The molecule has 0 spiro atoms. The molecule has 0 radical (unpaired) electrons. The quantitative estimate of drug-likeness (QED) is 0.323. The van der Waals surface area contributed by atoms with Gasteiger partial charge in [-0.15, -0.1) is 0 Å². The second kappa shape index (κ2) is 12.1. The van der Waals surface area contributed by atoms with Gasteiger partial charge in [0.2, 0.25) is 5.91 Å². The van der Waals surface area contributed by atoms with Gasteiger partial charge in [-0.05, 0) is 99.8 Å². The van der Waals surface area contributed by atoms with Crippen LogP contribution in [0.15, 0.2) is 40.9 Å². The highest BCUT2D eigenvalue weighted by Gasteiger charge is 2.31. The van der Waals surface area contributed by atoms with Crippen molar-refractivity contribution in [3.05, 3.63) is 52.0 Å². The van der Waals surface area contributed by atoms with Crippen molar-refractivity contribution in [2.24, 2.45) is 5.92 Å². The lowest BCUT2D eigenvalue weighted by Gasteiger charge is -2.33. The van der Waals surface area contributed by atoms with Crippen molar-refractivity contribution in [2.75, 3.05) is 12.0 Å². The fraction of sp³-hybridized carbons (Fsp3) is 0.483. The van der Waals surface area contributed by atoms with Crippen molar-refractivity contribution in [1.82, 2.24) is 0 Å². The van der Waals surface area contributed by atoms with E-state index in [1.54, 1.807) is 41.3 Å². The minimum Gasteiger partial charge on any atom is -0.465 e. The first-order valence-corrected chi connectivity index (χ1v) is 13.5. The maximum absolute atomic E-state index is 13.5. The van der Waals surface area contributed by atoms with Gasteiger partial charge in [-0.25, -0.2) is 9.59 Å². The molecule has 0 saturated heterocycles. The Balaban J connectivity index is 1.91. The molecular formula is C29H36BrNO6. The second-order valence-corrected chi connectivity index (χ2v) is 11.4. The predicted octanol–water partition coefficient (Wildman–Crippen LogP) is 7.31. The normalized spacial score (nSPS) is 14.3. The van der Waals surface area contributed by atoms with Gasteiger partial charge in [0.25, 0.3) is 0 Å². The number of hydrogen-bond donors (Lipinski definition) is 0. The van der Waals surface area contributed by atoms with Gasteiger partial charge in [0.05, 0.1) is 28.4 Å². The fourth-order valence-electron chi connectivity index (χ4n) is 4.43. The summed E-state index contributed by atoms with van der Waals surface area (Å²) in [5.41, 5.74) is 0.532. The molecule has 0 N–H and O–H groups in total. The third-order valence-corrected chi connectivity index (χ3v) is 6.76. The van der Waals surface area contributed by atoms with Gasteiger partial charge in [0, 0.05) is 12.0 Å². The average molecular weight is 575 g/mol. The average Bonchev–Trinajstić information content (AvgIpc) is 2.84. The number of carbonyl (C=O) groups is 3. The van der Waals surface area contributed by atoms with Crippen LogP contribution in [0.25, 0.3) is 0 Å². The molecule has 0 aromatic heterocycles. The first kappa shape index (κ1) is 28.7. The number of anilines is 1. The number of benzene rings is 2. The molecule has 1 amide bonds. The summed E-state index contributed by atoms with van der Waals surface area (Å²) in [6.45, 7) is 9.31. The molecule has 0 heterocycles. The smallest absolute Gasteiger partial charge is 0.340 e. The van der Waals surface area contributed by atoms with E-state index in [1.807, 2.05) is 34.6 Å². The zero-order valence-electron chi connectivity index (χ0n) is 22.4. The minimum atomic E-state index is -0.604. The number of nitrogens with zero attached hydrogens (tertiary/aromatic N) is 1. The molecule has 1 aliphatic rings. The molecule has 0 atom stereocenters. The van der Waals surface area contributed by atoms with Crippen molar-refractivity contribution in [3.63, 3.8) is 0 Å². The summed E-state index contributed by atoms with van der Waals surface area (Å²) in [5.74, 6) is -0.153. The number of esters is 2. The first-order valence-electron chi connectivity index (χ1n) is 12.7. The van der Waals surface area contributed by atoms with Crippen LogP contribution in [0.3, 0.4) is 0 Å². The minimum absolute atomic E-state index is 0.0361. The summed E-state index contributed by atoms with van der Waals surface area (Å²) in [4.78, 5) is 40.4. The Hall–Kier alpha value is -2.87. The third-order valence-electron chi connectivity index (χ3n) is 6.14. The van der Waals surface area contributed by atoms with E-state index >= 15 is 0 Å². The molecule has 37 heavy (non-hydrogen) atoms. The van der Waals surface area contributed by atoms with Crippen molar-refractivity contribution >= 4 is 39.5 Å². The van der Waals surface area contributed by atoms with E-state index in [2.05, 4.69) is 15.9 Å². The Bertz CT molecular complexity index is 1150. The third kappa shape index (κ3) is 7.34. The summed E-state index contributed by atoms with van der Waals surface area (Å²) < 4.78 is 17.1. The van der Waals surface area contributed by atoms with Gasteiger partial charge in [-0.2, -0.15) is 0 Å². The van der Waals surface area contributed by atoms with Gasteiger partial charge in [0.1, 0.15) is 17.1 Å². The molecule has 2 aromatic rings. The van der Waals surface area contributed by atoms with Gasteiger partial charge in [0.15, 0.2) is 0 Å². The summed E-state index contributed by atoms with van der Waals surface area (Å²) in [5, 5.41) is 0. The van der Waals surface area contributed by atoms with E-state index in [9.17, 15) is 14.4 Å². The molecule has 2 aromatic carbocycles. The van der Waals surface area contributed by atoms with E-state index in [1.165, 1.54) is 7.11 Å². The highest BCUT2D eigenvalue weighted by Crippen LogP contribution is 2.36. The van der Waals surface area contributed by atoms with Crippen molar-refractivity contribution < 1.29 is 28.6 Å². The molecule has 3 rings (SSSR count). The lowest BCUT2D eigenvalue weighted by molar-refractivity contribution is -0.123. The van der Waals surface area contributed by atoms with Crippen LogP contribution >= 0.6 is 15.9 Å². The molecule has 0 aliphatic heterocycles. The Morgan fingerprint density at radius 2 is 1.65 bits per heavy atom. The molecular weight excluding hydrogens is 538 g/mol. The summed E-state index contributed by atoms with van der Waals surface area (Å²) in [6, 6.07) is 9.79. The Kier molecular flexibility index (Phi) is 9.40. The van der Waals surface area contributed by atoms with Crippen LogP contribution in [0.2, 0.25) is 0 Å². The lowest BCUT2D eigenvalue weighted by atomic mass is 9.87. The number of methoxy groups -OCH3 is 1. The molecule has 1 saturated carbocycles. The van der Waals surface area contributed by atoms with Gasteiger partial charge >= 0.3 is 11.9 Å². The van der Waals surface area contributed by atoms with E-state index in [0.29, 0.717) is 27.2 Å². The fourth-order valence-corrected chi connectivity index (χ4v) is 4.89. The summed E-state index contributed by atoms with van der Waals surface area (Å²) >= 11 is 3.46. The van der Waals surface area contributed by atoms with Crippen LogP contribution < -0.4 is 9.64 Å². The standard InChI is InChI=1S/C29H36BrNO6/c1-18(2)31(26(32)19-10-8-7-9-11-19)24-14-13-21(17-22(24)28(34)35-6)36-25-15-12-20(16-23(25)30)27(33)37-29(3,4)5/h12-19H,7-11H2,1-6H3. The molecule has 7 nitrogen and oxygen atoms in total. The topological polar surface area (TPSA) is 82.1 Å². The van der Waals surface area contributed by atoms with E-state index in [4.69, 9.17) is 14.2 Å². The highest BCUT2D eigenvalue weighted by molar-refractivity contribution is 9.10. The van der Waals surface area contributed by atoms with Crippen LogP contribution in [0.4, 0.5) is 5.69 Å². The SMILES string of the molecule is COC(=O)c1cc(Oc2ccc(C(=O)OC(C)(C)C)cc2Br)ccc1N(C(=O)C1CCCCC1)C(C)C. The maximum Gasteiger partial charge on any atom is 0.340 e. The Labute approximate surface area is 227 Å². The monoisotopic (exact) mass is 573 g/mol. The van der Waals surface area contributed by atoms with Crippen LogP contribution in [0.5, 0.6) is 11.5 Å². The van der Waals surface area contributed by atoms with Gasteiger partial charge in [-0.1, -0.05) is 19.3 Å². The number of ether oxygens (including phenoxy) is 3. The van der Waals surface area contributed by atoms with Crippen LogP contribution in [-0.4, -0.2) is 36.6 Å². The molecule has 200 valence electrons. The van der Waals surface area contributed by atoms with E-state index in [0.717, 1.165) is 32.1 Å². The van der Waals surface area contributed by atoms with Gasteiger partial charge in [-0.3, -0.25) is 4.79 Å². The molecule has 0 unspecified atom stereocenters. The number of halogens is 1. The van der Waals surface area contributed by atoms with Crippen molar-refractivity contribution in [1.29, 1.82) is 0 Å². The molecule has 8 heteroatoms. The number of hydrogen-bond acceptors (Lipinski definition) is 6. The van der Waals surface area contributed by atoms with Crippen molar-refractivity contribution in [2.45, 2.75) is 78.4 Å². The van der Waals surface area contributed by atoms with Gasteiger partial charge < -0.3 is 19.1 Å². The van der Waals surface area contributed by atoms with E-state index < -0.39 is 17.5 Å². The maximum atomic E-state index is 13.5. The second-order valence-electron chi connectivity index (χ2n) is 10.6. The first-order chi connectivity index (χ1) is 17.4. The number of amides is 1. The molecule has 0 bridgehead atoms. The van der Waals surface area contributed by atoms with Crippen LogP contribution in [0.1, 0.15) is 87.4 Å².